The maximum atomic E-state index is 13.3. The van der Waals surface area contributed by atoms with Crippen LogP contribution in [0.3, 0.4) is 0 Å². The Balaban J connectivity index is 0.00000306. The van der Waals surface area contributed by atoms with Gasteiger partial charge >= 0.3 is 0 Å². The standard InChI is InChI=1S/C27H37N3O2.ClH/c1-27(2,3)23-11-9-21(10-12-23)20-30-17-18-32-25(26(30)31)19-22-7-5-6-8-24(22)29-15-13-28(4)14-16-29;/h5-12,25H,13-20H2,1-4H3;1H. The molecule has 2 fully saturated rings. The number of halogens is 1. The van der Waals surface area contributed by atoms with E-state index in [9.17, 15) is 4.79 Å². The lowest BCUT2D eigenvalue weighted by molar-refractivity contribution is -0.153. The van der Waals surface area contributed by atoms with Crippen LogP contribution in [0.15, 0.2) is 48.5 Å². The number of para-hydroxylation sites is 1. The molecule has 2 heterocycles. The minimum Gasteiger partial charge on any atom is -0.369 e. The Labute approximate surface area is 205 Å². The number of benzene rings is 2. The molecule has 2 aromatic carbocycles. The number of ether oxygens (including phenoxy) is 1. The van der Waals surface area contributed by atoms with Gasteiger partial charge in [0.25, 0.3) is 5.91 Å². The van der Waals surface area contributed by atoms with Crippen LogP contribution in [0.5, 0.6) is 0 Å². The number of anilines is 1. The number of amides is 1. The summed E-state index contributed by atoms with van der Waals surface area (Å²) < 4.78 is 5.97. The van der Waals surface area contributed by atoms with Crippen molar-refractivity contribution in [2.45, 2.75) is 45.3 Å². The fraction of sp³-hybridized carbons (Fsp3) is 0.519. The number of rotatable bonds is 5. The van der Waals surface area contributed by atoms with Crippen molar-refractivity contribution in [2.75, 3.05) is 51.3 Å². The van der Waals surface area contributed by atoms with Crippen LogP contribution in [0.1, 0.15) is 37.5 Å². The summed E-state index contributed by atoms with van der Waals surface area (Å²) >= 11 is 0. The highest BCUT2D eigenvalue weighted by atomic mass is 35.5. The summed E-state index contributed by atoms with van der Waals surface area (Å²) in [5, 5.41) is 0. The van der Waals surface area contributed by atoms with Crippen molar-refractivity contribution in [3.8, 4) is 0 Å². The number of piperazine rings is 1. The molecule has 0 aliphatic carbocycles. The topological polar surface area (TPSA) is 36.0 Å². The van der Waals surface area contributed by atoms with Gasteiger partial charge in [0.15, 0.2) is 0 Å². The van der Waals surface area contributed by atoms with Gasteiger partial charge in [0, 0.05) is 51.4 Å². The number of morpholine rings is 1. The van der Waals surface area contributed by atoms with Gasteiger partial charge in [-0.05, 0) is 35.2 Å². The Bertz CT molecular complexity index is 918. The van der Waals surface area contributed by atoms with Gasteiger partial charge < -0.3 is 19.4 Å². The Hall–Kier alpha value is -2.08. The van der Waals surface area contributed by atoms with Crippen molar-refractivity contribution in [1.29, 1.82) is 0 Å². The van der Waals surface area contributed by atoms with Crippen molar-refractivity contribution in [2.24, 2.45) is 0 Å². The maximum Gasteiger partial charge on any atom is 0.252 e. The molecule has 2 aliphatic rings. The Morgan fingerprint density at radius 1 is 0.939 bits per heavy atom. The van der Waals surface area contributed by atoms with Gasteiger partial charge in [0.1, 0.15) is 6.10 Å². The summed E-state index contributed by atoms with van der Waals surface area (Å²) in [6.07, 6.45) is 0.215. The van der Waals surface area contributed by atoms with E-state index >= 15 is 0 Å². The van der Waals surface area contributed by atoms with Gasteiger partial charge in [-0.25, -0.2) is 0 Å². The monoisotopic (exact) mass is 471 g/mol. The first-order valence-corrected chi connectivity index (χ1v) is 11.8. The molecule has 5 nitrogen and oxygen atoms in total. The van der Waals surface area contributed by atoms with Gasteiger partial charge in [-0.15, -0.1) is 12.4 Å². The number of carbonyl (C=O) groups is 1. The highest BCUT2D eigenvalue weighted by molar-refractivity contribution is 5.85. The minimum atomic E-state index is -0.411. The molecule has 0 spiro atoms. The second kappa shape index (κ2) is 10.9. The van der Waals surface area contributed by atoms with E-state index in [2.05, 4.69) is 86.1 Å². The molecule has 6 heteroatoms. The second-order valence-corrected chi connectivity index (χ2v) is 10.2. The summed E-state index contributed by atoms with van der Waals surface area (Å²) in [5.74, 6) is 0.101. The van der Waals surface area contributed by atoms with E-state index in [0.29, 0.717) is 26.1 Å². The third-order valence-electron chi connectivity index (χ3n) is 6.70. The molecule has 1 unspecified atom stereocenters. The lowest BCUT2D eigenvalue weighted by Crippen LogP contribution is -2.48. The van der Waals surface area contributed by atoms with Gasteiger partial charge in [-0.1, -0.05) is 63.2 Å². The molecule has 0 bridgehead atoms. The van der Waals surface area contributed by atoms with E-state index in [1.165, 1.54) is 22.4 Å². The van der Waals surface area contributed by atoms with Gasteiger partial charge in [-0.3, -0.25) is 4.79 Å². The van der Waals surface area contributed by atoms with E-state index in [-0.39, 0.29) is 23.7 Å². The van der Waals surface area contributed by atoms with Crippen LogP contribution in [-0.4, -0.2) is 68.2 Å². The molecule has 0 aromatic heterocycles. The predicted molar refractivity (Wildman–Crippen MR) is 137 cm³/mol. The zero-order chi connectivity index (χ0) is 22.7. The summed E-state index contributed by atoms with van der Waals surface area (Å²) in [6.45, 7) is 12.7. The van der Waals surface area contributed by atoms with Crippen LogP contribution in [0.4, 0.5) is 5.69 Å². The zero-order valence-corrected chi connectivity index (χ0v) is 21.2. The molecule has 2 aromatic rings. The smallest absolute Gasteiger partial charge is 0.252 e. The lowest BCUT2D eigenvalue weighted by atomic mass is 9.87. The van der Waals surface area contributed by atoms with E-state index in [0.717, 1.165) is 26.2 Å². The molecule has 0 N–H and O–H groups in total. The van der Waals surface area contributed by atoms with E-state index in [4.69, 9.17) is 4.74 Å². The molecular weight excluding hydrogens is 434 g/mol. The highest BCUT2D eigenvalue weighted by Crippen LogP contribution is 2.26. The Kier molecular flexibility index (Phi) is 8.43. The largest absolute Gasteiger partial charge is 0.369 e. The average Bonchev–Trinajstić information content (AvgIpc) is 2.77. The average molecular weight is 472 g/mol. The number of likely N-dealkylation sites (N-methyl/N-ethyl adjacent to an activating group) is 1. The number of hydrogen-bond donors (Lipinski definition) is 0. The maximum absolute atomic E-state index is 13.3. The van der Waals surface area contributed by atoms with Gasteiger partial charge in [-0.2, -0.15) is 0 Å². The Morgan fingerprint density at radius 3 is 2.27 bits per heavy atom. The molecule has 33 heavy (non-hydrogen) atoms. The highest BCUT2D eigenvalue weighted by Gasteiger charge is 2.31. The van der Waals surface area contributed by atoms with Crippen LogP contribution < -0.4 is 4.90 Å². The molecule has 1 amide bonds. The molecular formula is C27H38ClN3O2. The first-order valence-electron chi connectivity index (χ1n) is 11.8. The minimum absolute atomic E-state index is 0. The van der Waals surface area contributed by atoms with Gasteiger partial charge in [0.2, 0.25) is 0 Å². The van der Waals surface area contributed by atoms with Crippen LogP contribution in [0.25, 0.3) is 0 Å². The van der Waals surface area contributed by atoms with Crippen molar-refractivity contribution in [1.82, 2.24) is 9.80 Å². The van der Waals surface area contributed by atoms with Crippen molar-refractivity contribution < 1.29 is 9.53 Å². The number of carbonyl (C=O) groups excluding carboxylic acids is 1. The molecule has 2 aliphatic heterocycles. The summed E-state index contributed by atoms with van der Waals surface area (Å²) in [5.41, 5.74) is 5.06. The number of nitrogens with zero attached hydrogens (tertiary/aromatic N) is 3. The molecule has 0 radical (unpaired) electrons. The third-order valence-corrected chi connectivity index (χ3v) is 6.70. The first-order chi connectivity index (χ1) is 15.3. The van der Waals surface area contributed by atoms with Crippen LogP contribution >= 0.6 is 12.4 Å². The van der Waals surface area contributed by atoms with E-state index < -0.39 is 6.10 Å². The number of hydrogen-bond acceptors (Lipinski definition) is 4. The molecule has 4 rings (SSSR count). The summed E-state index contributed by atoms with van der Waals surface area (Å²) in [4.78, 5) is 20.0. The third kappa shape index (κ3) is 6.28. The van der Waals surface area contributed by atoms with Crippen LogP contribution in [-0.2, 0) is 27.9 Å². The fourth-order valence-corrected chi connectivity index (χ4v) is 4.56. The molecule has 180 valence electrons. The Morgan fingerprint density at radius 2 is 1.61 bits per heavy atom. The van der Waals surface area contributed by atoms with Crippen LogP contribution in [0.2, 0.25) is 0 Å². The summed E-state index contributed by atoms with van der Waals surface area (Å²) in [7, 11) is 2.17. The molecule has 2 saturated heterocycles. The molecule has 1 atom stereocenters. The van der Waals surface area contributed by atoms with Crippen LogP contribution in [0, 0.1) is 0 Å². The lowest BCUT2D eigenvalue weighted by Gasteiger charge is -2.36. The van der Waals surface area contributed by atoms with E-state index in [1.54, 1.807) is 0 Å². The van der Waals surface area contributed by atoms with Gasteiger partial charge in [0.05, 0.1) is 6.61 Å². The SMILES string of the molecule is CN1CCN(c2ccccc2CC2OCCN(Cc3ccc(C(C)(C)C)cc3)C2=O)CC1.Cl. The van der Waals surface area contributed by atoms with Crippen molar-refractivity contribution >= 4 is 24.0 Å². The van der Waals surface area contributed by atoms with Crippen molar-refractivity contribution in [3.63, 3.8) is 0 Å². The zero-order valence-electron chi connectivity index (χ0n) is 20.4. The summed E-state index contributed by atoms with van der Waals surface area (Å²) in [6, 6.07) is 17.2. The first kappa shape index (κ1) is 25.5. The quantitative estimate of drug-likeness (QED) is 0.657. The second-order valence-electron chi connectivity index (χ2n) is 10.2. The van der Waals surface area contributed by atoms with E-state index in [1.807, 2.05) is 4.90 Å². The molecule has 0 saturated carbocycles. The van der Waals surface area contributed by atoms with Crippen molar-refractivity contribution in [3.05, 3.63) is 65.2 Å². The normalized spacial score (nSPS) is 20.0. The fourth-order valence-electron chi connectivity index (χ4n) is 4.56. The predicted octanol–water partition coefficient (Wildman–Crippen LogP) is 4.13.